The molecule has 13 nitrogen and oxygen atoms in total. The van der Waals surface area contributed by atoms with Crippen LogP contribution in [0, 0.1) is 0 Å². The van der Waals surface area contributed by atoms with Gasteiger partial charge in [-0.2, -0.15) is 0 Å². The Kier molecular flexibility index (Phi) is 12.5. The lowest BCUT2D eigenvalue weighted by molar-refractivity contribution is -0.143. The molecule has 1 rings (SSSR count). The highest BCUT2D eigenvalue weighted by atomic mass is 16.4. The zero-order chi connectivity index (χ0) is 25.7. The van der Waals surface area contributed by atoms with Crippen LogP contribution < -0.4 is 27.4 Å². The number of aliphatic carboxylic acids is 1. The largest absolute Gasteiger partial charge is 0.508 e. The third kappa shape index (κ3) is 9.70. The maximum atomic E-state index is 13.0. The van der Waals surface area contributed by atoms with Crippen molar-refractivity contribution in [3.63, 3.8) is 0 Å². The van der Waals surface area contributed by atoms with Gasteiger partial charge in [-0.25, -0.2) is 4.79 Å². The number of aromatic hydroxyl groups is 1. The van der Waals surface area contributed by atoms with E-state index in [-0.39, 0.29) is 18.6 Å². The molecule has 4 atom stereocenters. The average Bonchev–Trinajstić information content (AvgIpc) is 2.81. The van der Waals surface area contributed by atoms with Crippen molar-refractivity contribution in [1.82, 2.24) is 16.0 Å². The predicted octanol–water partition coefficient (Wildman–Crippen LogP) is -3.09. The third-order valence-electron chi connectivity index (χ3n) is 4.92. The van der Waals surface area contributed by atoms with E-state index in [4.69, 9.17) is 21.7 Å². The number of amides is 3. The van der Waals surface area contributed by atoms with E-state index in [0.717, 1.165) is 0 Å². The van der Waals surface area contributed by atoms with Gasteiger partial charge < -0.3 is 47.8 Å². The Morgan fingerprint density at radius 1 is 0.824 bits per heavy atom. The van der Waals surface area contributed by atoms with Crippen molar-refractivity contribution in [3.8, 4) is 5.75 Å². The number of rotatable bonds is 15. The van der Waals surface area contributed by atoms with Crippen LogP contribution in [0.5, 0.6) is 5.75 Å². The summed E-state index contributed by atoms with van der Waals surface area (Å²) in [5.41, 5.74) is 11.6. The number of benzene rings is 1. The Hall–Kier alpha value is -3.26. The number of nitrogens with one attached hydrogen (secondary N) is 3. The van der Waals surface area contributed by atoms with Crippen LogP contribution in [0.1, 0.15) is 24.8 Å². The van der Waals surface area contributed by atoms with Crippen molar-refractivity contribution in [2.45, 2.75) is 49.9 Å². The van der Waals surface area contributed by atoms with Crippen LogP contribution in [0.3, 0.4) is 0 Å². The molecule has 0 fully saturated rings. The Morgan fingerprint density at radius 3 is 1.91 bits per heavy atom. The first-order valence-electron chi connectivity index (χ1n) is 10.7. The molecule has 11 N–H and O–H groups in total. The molecule has 0 aliphatic carbocycles. The van der Waals surface area contributed by atoms with Crippen molar-refractivity contribution in [1.29, 1.82) is 0 Å². The molecule has 0 radical (unpaired) electrons. The van der Waals surface area contributed by atoms with Crippen LogP contribution in [0.4, 0.5) is 0 Å². The maximum absolute atomic E-state index is 13.0. The van der Waals surface area contributed by atoms with E-state index < -0.39 is 61.1 Å². The maximum Gasteiger partial charge on any atom is 0.328 e. The van der Waals surface area contributed by atoms with Crippen molar-refractivity contribution >= 4 is 23.7 Å². The highest BCUT2D eigenvalue weighted by molar-refractivity contribution is 5.94. The van der Waals surface area contributed by atoms with Crippen molar-refractivity contribution in [2.75, 3.05) is 19.8 Å². The molecular formula is C21H33N5O8. The van der Waals surface area contributed by atoms with Crippen LogP contribution >= 0.6 is 0 Å². The standard InChI is InChI=1S/C21H33N5O8/c22-8-2-1-3-15(19(31)26-17(11-28)21(33)34)24-20(32)16(25-18(30)14(23)10-27)9-12-4-6-13(29)7-5-12/h4-7,14-17,27-29H,1-3,8-11,22-23H2,(H,24,32)(H,25,30)(H,26,31)(H,33,34). The second-order valence-corrected chi connectivity index (χ2v) is 7.65. The number of carboxylic acids is 1. The molecule has 0 aliphatic heterocycles. The molecule has 1 aromatic rings. The van der Waals surface area contributed by atoms with E-state index in [1.807, 2.05) is 0 Å². The zero-order valence-corrected chi connectivity index (χ0v) is 18.6. The number of nitrogens with two attached hydrogens (primary N) is 2. The number of phenolic OH excluding ortho intramolecular Hbond substituents is 1. The average molecular weight is 484 g/mol. The fraction of sp³-hybridized carbons (Fsp3) is 0.524. The highest BCUT2D eigenvalue weighted by Crippen LogP contribution is 2.12. The van der Waals surface area contributed by atoms with Gasteiger partial charge in [0.1, 0.15) is 29.9 Å². The van der Waals surface area contributed by atoms with Crippen LogP contribution in [0.2, 0.25) is 0 Å². The molecule has 1 aromatic carbocycles. The van der Waals surface area contributed by atoms with Gasteiger partial charge in [-0.1, -0.05) is 12.1 Å². The number of unbranched alkanes of at least 4 members (excludes halogenated alkanes) is 1. The second kappa shape index (κ2) is 14.8. The molecule has 190 valence electrons. The van der Waals surface area contributed by atoms with E-state index >= 15 is 0 Å². The molecule has 0 aromatic heterocycles. The highest BCUT2D eigenvalue weighted by Gasteiger charge is 2.30. The van der Waals surface area contributed by atoms with E-state index in [1.54, 1.807) is 0 Å². The quantitative estimate of drug-likeness (QED) is 0.114. The second-order valence-electron chi connectivity index (χ2n) is 7.65. The van der Waals surface area contributed by atoms with Crippen LogP contribution in [0.25, 0.3) is 0 Å². The number of aliphatic hydroxyl groups excluding tert-OH is 2. The third-order valence-corrected chi connectivity index (χ3v) is 4.92. The van der Waals surface area contributed by atoms with Gasteiger partial charge in [0.05, 0.1) is 13.2 Å². The van der Waals surface area contributed by atoms with Crippen molar-refractivity contribution in [2.24, 2.45) is 11.5 Å². The molecular weight excluding hydrogens is 450 g/mol. The smallest absolute Gasteiger partial charge is 0.328 e. The Balaban J connectivity index is 3.07. The first kappa shape index (κ1) is 28.8. The summed E-state index contributed by atoms with van der Waals surface area (Å²) in [5.74, 6) is -3.82. The van der Waals surface area contributed by atoms with Gasteiger partial charge in [-0.15, -0.1) is 0 Å². The number of phenols is 1. The Bertz CT molecular complexity index is 820. The zero-order valence-electron chi connectivity index (χ0n) is 18.6. The predicted molar refractivity (Wildman–Crippen MR) is 120 cm³/mol. The van der Waals surface area contributed by atoms with E-state index in [1.165, 1.54) is 24.3 Å². The van der Waals surface area contributed by atoms with Crippen LogP contribution in [0.15, 0.2) is 24.3 Å². The lowest BCUT2D eigenvalue weighted by Crippen LogP contribution is -2.58. The SMILES string of the molecule is NCCCCC(NC(=O)C(Cc1ccc(O)cc1)NC(=O)C(N)CO)C(=O)NC(CO)C(=O)O. The summed E-state index contributed by atoms with van der Waals surface area (Å²) in [7, 11) is 0. The Morgan fingerprint density at radius 2 is 1.38 bits per heavy atom. The minimum Gasteiger partial charge on any atom is -0.508 e. The topological polar surface area (TPSA) is 237 Å². The van der Waals surface area contributed by atoms with Crippen molar-refractivity contribution in [3.05, 3.63) is 29.8 Å². The molecule has 0 spiro atoms. The normalized spacial score (nSPS) is 14.4. The molecule has 3 amide bonds. The summed E-state index contributed by atoms with van der Waals surface area (Å²) in [5, 5.41) is 43.9. The van der Waals surface area contributed by atoms with Crippen LogP contribution in [-0.4, -0.2) is 88.0 Å². The lowest BCUT2D eigenvalue weighted by Gasteiger charge is -2.25. The van der Waals surface area contributed by atoms with Gasteiger partial charge in [0, 0.05) is 6.42 Å². The first-order chi connectivity index (χ1) is 16.1. The molecule has 13 heteroatoms. The number of aliphatic hydroxyl groups is 2. The summed E-state index contributed by atoms with van der Waals surface area (Å²) in [6.45, 7) is -1.15. The molecule has 0 aliphatic rings. The van der Waals surface area contributed by atoms with Gasteiger partial charge in [0.15, 0.2) is 0 Å². The number of carbonyl (C=O) groups excluding carboxylic acids is 3. The lowest BCUT2D eigenvalue weighted by atomic mass is 10.0. The van der Waals surface area contributed by atoms with Gasteiger partial charge in [0.2, 0.25) is 17.7 Å². The van der Waals surface area contributed by atoms with Gasteiger partial charge >= 0.3 is 5.97 Å². The molecule has 0 bridgehead atoms. The summed E-state index contributed by atoms with van der Waals surface area (Å²) in [6.07, 6.45) is 1.08. The monoisotopic (exact) mass is 483 g/mol. The van der Waals surface area contributed by atoms with E-state index in [2.05, 4.69) is 16.0 Å². The van der Waals surface area contributed by atoms with Gasteiger partial charge in [0.25, 0.3) is 0 Å². The number of hydrogen-bond acceptors (Lipinski definition) is 9. The fourth-order valence-corrected chi connectivity index (χ4v) is 2.93. The van der Waals surface area contributed by atoms with E-state index in [0.29, 0.717) is 24.9 Å². The minimum absolute atomic E-state index is 0.00426. The minimum atomic E-state index is -1.56. The molecule has 0 saturated carbocycles. The fourth-order valence-electron chi connectivity index (χ4n) is 2.93. The first-order valence-corrected chi connectivity index (χ1v) is 10.7. The molecule has 4 unspecified atom stereocenters. The number of carboxylic acid groups (broad SMARTS) is 1. The summed E-state index contributed by atoms with van der Waals surface area (Å²) >= 11 is 0. The van der Waals surface area contributed by atoms with Gasteiger partial charge in [-0.3, -0.25) is 14.4 Å². The molecule has 0 saturated heterocycles. The summed E-state index contributed by atoms with van der Waals surface area (Å²) < 4.78 is 0. The van der Waals surface area contributed by atoms with E-state index in [9.17, 15) is 29.4 Å². The number of carbonyl (C=O) groups is 4. The van der Waals surface area contributed by atoms with Crippen LogP contribution in [-0.2, 0) is 25.6 Å². The summed E-state index contributed by atoms with van der Waals surface area (Å²) in [6, 6.07) is 0.669. The van der Waals surface area contributed by atoms with Gasteiger partial charge in [-0.05, 0) is 43.5 Å². The van der Waals surface area contributed by atoms with Crippen molar-refractivity contribution < 1.29 is 39.6 Å². The molecule has 0 heterocycles. The number of hydrogen-bond donors (Lipinski definition) is 9. The molecule has 34 heavy (non-hydrogen) atoms. The Labute approximate surface area is 196 Å². The summed E-state index contributed by atoms with van der Waals surface area (Å²) in [4.78, 5) is 49.1.